The number of carbonyl (C=O) groups is 1. The summed E-state index contributed by atoms with van der Waals surface area (Å²) < 4.78 is 7.42. The molecule has 1 saturated heterocycles. The lowest BCUT2D eigenvalue weighted by Crippen LogP contribution is -2.52. The lowest BCUT2D eigenvalue weighted by molar-refractivity contribution is -0.0908. The van der Waals surface area contributed by atoms with Crippen LogP contribution in [-0.2, 0) is 11.8 Å². The molecule has 1 aromatic carbocycles. The molecule has 1 N–H and O–H groups in total. The number of pyridine rings is 1. The molecule has 0 unspecified atom stereocenters. The molecule has 2 heterocycles. The number of carbonyl (C=O) groups excluding carboxylic acids is 1. The number of benzene rings is 1. The first-order valence-electron chi connectivity index (χ1n) is 10.3. The van der Waals surface area contributed by atoms with Gasteiger partial charge < -0.3 is 19.3 Å². The van der Waals surface area contributed by atoms with Crippen LogP contribution >= 0.6 is 0 Å². The number of aliphatic hydroxyl groups is 1. The van der Waals surface area contributed by atoms with Gasteiger partial charge in [-0.3, -0.25) is 4.79 Å². The molecule has 1 saturated carbocycles. The summed E-state index contributed by atoms with van der Waals surface area (Å²) in [7, 11) is 1.73. The zero-order chi connectivity index (χ0) is 20.6. The van der Waals surface area contributed by atoms with Crippen LogP contribution in [0.5, 0.6) is 0 Å². The molecule has 0 bridgehead atoms. The average molecular weight is 396 g/mol. The molecule has 4 rings (SSSR count). The largest absolute Gasteiger partial charge is 0.443 e. The van der Waals surface area contributed by atoms with Crippen molar-refractivity contribution in [2.45, 2.75) is 56.8 Å². The Morgan fingerprint density at radius 1 is 1.07 bits per heavy atom. The Balaban J connectivity index is 1.46. The molecule has 1 aliphatic carbocycles. The number of ether oxygens (including phenoxy) is 1. The summed E-state index contributed by atoms with van der Waals surface area (Å²) in [6.07, 6.45) is 4.93. The minimum atomic E-state index is -0.393. The van der Waals surface area contributed by atoms with Gasteiger partial charge in [0.1, 0.15) is 5.60 Å². The first-order chi connectivity index (χ1) is 13.9. The first kappa shape index (κ1) is 19.7. The highest BCUT2D eigenvalue weighted by Crippen LogP contribution is 2.39. The highest BCUT2D eigenvalue weighted by atomic mass is 16.6. The maximum absolute atomic E-state index is 12.7. The van der Waals surface area contributed by atoms with Gasteiger partial charge in [-0.2, -0.15) is 0 Å². The number of nitrogens with zero attached hydrogens (tertiary/aromatic N) is 2. The van der Waals surface area contributed by atoms with E-state index in [0.717, 1.165) is 36.0 Å². The molecule has 1 aliphatic heterocycles. The van der Waals surface area contributed by atoms with E-state index in [1.54, 1.807) is 28.8 Å². The van der Waals surface area contributed by atoms with Gasteiger partial charge in [0.25, 0.3) is 5.56 Å². The predicted octanol–water partition coefficient (Wildman–Crippen LogP) is 3.63. The molecule has 2 aromatic rings. The van der Waals surface area contributed by atoms with Crippen molar-refractivity contribution in [2.75, 3.05) is 6.54 Å². The van der Waals surface area contributed by atoms with E-state index < -0.39 is 5.60 Å². The quantitative estimate of drug-likeness (QED) is 0.860. The van der Waals surface area contributed by atoms with Crippen LogP contribution in [0, 0.1) is 0 Å². The van der Waals surface area contributed by atoms with Crippen molar-refractivity contribution in [2.24, 2.45) is 7.05 Å². The van der Waals surface area contributed by atoms with Gasteiger partial charge in [-0.1, -0.05) is 24.3 Å². The van der Waals surface area contributed by atoms with E-state index in [9.17, 15) is 14.7 Å². The third-order valence-corrected chi connectivity index (χ3v) is 6.51. The Morgan fingerprint density at radius 3 is 2.38 bits per heavy atom. The molecular formula is C23H28N2O4. The Labute approximate surface area is 170 Å². The Bertz CT molecular complexity index is 942. The molecule has 1 aromatic heterocycles. The topological polar surface area (TPSA) is 71.8 Å². The fraction of sp³-hybridized carbons (Fsp3) is 0.478. The Kier molecular flexibility index (Phi) is 5.21. The van der Waals surface area contributed by atoms with Gasteiger partial charge in [0.05, 0.1) is 12.1 Å². The second-order valence-corrected chi connectivity index (χ2v) is 8.39. The van der Waals surface area contributed by atoms with Crippen molar-refractivity contribution in [1.29, 1.82) is 0 Å². The summed E-state index contributed by atoms with van der Waals surface area (Å²) in [5.41, 5.74) is 2.45. The normalized spacial score (nSPS) is 25.7. The first-order valence-corrected chi connectivity index (χ1v) is 10.3. The smallest absolute Gasteiger partial charge is 0.410 e. The molecule has 29 heavy (non-hydrogen) atoms. The van der Waals surface area contributed by atoms with Crippen molar-refractivity contribution in [3.63, 3.8) is 0 Å². The summed E-state index contributed by atoms with van der Waals surface area (Å²) in [5, 5.41) is 9.74. The third-order valence-electron chi connectivity index (χ3n) is 6.51. The van der Waals surface area contributed by atoms with Gasteiger partial charge in [0, 0.05) is 32.3 Å². The third kappa shape index (κ3) is 3.94. The minimum absolute atomic E-state index is 0.0415. The maximum Gasteiger partial charge on any atom is 0.410 e. The van der Waals surface area contributed by atoms with Gasteiger partial charge in [-0.25, -0.2) is 4.79 Å². The van der Waals surface area contributed by atoms with Crippen LogP contribution in [0.2, 0.25) is 0 Å². The van der Waals surface area contributed by atoms with Crippen LogP contribution in [0.25, 0.3) is 11.1 Å². The van der Waals surface area contributed by atoms with Gasteiger partial charge in [-0.05, 0) is 55.4 Å². The Morgan fingerprint density at radius 2 is 1.76 bits per heavy atom. The van der Waals surface area contributed by atoms with E-state index in [1.807, 2.05) is 37.3 Å². The Hall–Kier alpha value is -2.60. The van der Waals surface area contributed by atoms with Crippen LogP contribution in [-0.4, -0.2) is 38.9 Å². The number of hydrogen-bond donors (Lipinski definition) is 1. The summed E-state index contributed by atoms with van der Waals surface area (Å²) >= 11 is 0. The molecule has 1 atom stereocenters. The average Bonchev–Trinajstić information content (AvgIpc) is 2.72. The molecule has 6 heteroatoms. The number of aryl methyl sites for hydroxylation is 1. The van der Waals surface area contributed by atoms with Crippen LogP contribution in [0.1, 0.15) is 50.6 Å². The van der Waals surface area contributed by atoms with E-state index in [4.69, 9.17) is 4.74 Å². The summed E-state index contributed by atoms with van der Waals surface area (Å²) in [5.74, 6) is 0. The highest BCUT2D eigenvalue weighted by molar-refractivity contribution is 5.70. The lowest BCUT2D eigenvalue weighted by Gasteiger charge is -2.45. The van der Waals surface area contributed by atoms with Crippen LogP contribution in [0.4, 0.5) is 4.79 Å². The molecule has 6 nitrogen and oxygen atoms in total. The van der Waals surface area contributed by atoms with Gasteiger partial charge in [0.15, 0.2) is 0 Å². The van der Waals surface area contributed by atoms with Crippen LogP contribution in [0.15, 0.2) is 47.4 Å². The van der Waals surface area contributed by atoms with E-state index >= 15 is 0 Å². The zero-order valence-corrected chi connectivity index (χ0v) is 17.0. The second-order valence-electron chi connectivity index (χ2n) is 8.39. The monoisotopic (exact) mass is 396 g/mol. The van der Waals surface area contributed by atoms with E-state index in [2.05, 4.69) is 0 Å². The summed E-state index contributed by atoms with van der Waals surface area (Å²) in [6, 6.07) is 11.4. The lowest BCUT2D eigenvalue weighted by atomic mass is 9.80. The standard InChI is InChI=1S/C23H28N2O4/c1-16(25-14-12-23(29-22(25)28)10-7-20(26)8-11-23)17-3-5-18(6-4-17)19-9-13-24(2)21(27)15-19/h3-6,9,13,15-16,20,26H,7-8,10-12,14H2,1-2H3/t16-,20-,23+/m0/s1. The van der Waals surface area contributed by atoms with Crippen molar-refractivity contribution in [1.82, 2.24) is 9.47 Å². The van der Waals surface area contributed by atoms with E-state index in [1.165, 1.54) is 0 Å². The number of amides is 1. The van der Waals surface area contributed by atoms with Crippen molar-refractivity contribution in [3.05, 3.63) is 58.5 Å². The minimum Gasteiger partial charge on any atom is -0.443 e. The molecule has 154 valence electrons. The second kappa shape index (κ2) is 7.67. The molecular weight excluding hydrogens is 368 g/mol. The van der Waals surface area contributed by atoms with Crippen LogP contribution in [0.3, 0.4) is 0 Å². The van der Waals surface area contributed by atoms with Gasteiger partial charge >= 0.3 is 6.09 Å². The molecule has 1 spiro atoms. The number of rotatable bonds is 3. The van der Waals surface area contributed by atoms with Crippen molar-refractivity contribution >= 4 is 6.09 Å². The summed E-state index contributed by atoms with van der Waals surface area (Å²) in [6.45, 7) is 2.67. The number of hydrogen-bond acceptors (Lipinski definition) is 4. The maximum atomic E-state index is 12.7. The van der Waals surface area contributed by atoms with Crippen LogP contribution < -0.4 is 5.56 Å². The van der Waals surface area contributed by atoms with E-state index in [0.29, 0.717) is 19.4 Å². The molecule has 2 fully saturated rings. The molecule has 0 radical (unpaired) electrons. The molecule has 2 aliphatic rings. The fourth-order valence-electron chi connectivity index (χ4n) is 4.40. The highest BCUT2D eigenvalue weighted by Gasteiger charge is 2.44. The zero-order valence-electron chi connectivity index (χ0n) is 17.0. The van der Waals surface area contributed by atoms with E-state index in [-0.39, 0.29) is 23.8 Å². The molecule has 1 amide bonds. The van der Waals surface area contributed by atoms with Crippen molar-refractivity contribution in [3.8, 4) is 11.1 Å². The summed E-state index contributed by atoms with van der Waals surface area (Å²) in [4.78, 5) is 26.4. The SMILES string of the molecule is C[C@@H](c1ccc(-c2ccn(C)c(=O)c2)cc1)N1CC[C@]2(CC[C@H](O)CC2)OC1=O. The fourth-order valence-corrected chi connectivity index (χ4v) is 4.40. The van der Waals surface area contributed by atoms with Gasteiger partial charge in [-0.15, -0.1) is 0 Å². The van der Waals surface area contributed by atoms with Gasteiger partial charge in [0.2, 0.25) is 0 Å². The number of aliphatic hydroxyl groups excluding tert-OH is 1. The van der Waals surface area contributed by atoms with Crippen molar-refractivity contribution < 1.29 is 14.6 Å². The predicted molar refractivity (Wildman–Crippen MR) is 111 cm³/mol. The number of aromatic nitrogens is 1.